The van der Waals surface area contributed by atoms with Gasteiger partial charge in [0.2, 0.25) is 5.91 Å². The molecule has 0 aliphatic heterocycles. The zero-order valence-corrected chi connectivity index (χ0v) is 21.6. The molecule has 0 aliphatic rings. The quantitative estimate of drug-likeness (QED) is 0.409. The zero-order valence-electron chi connectivity index (χ0n) is 20.9. The van der Waals surface area contributed by atoms with E-state index in [1.807, 2.05) is 19.1 Å². The summed E-state index contributed by atoms with van der Waals surface area (Å²) in [5, 5.41) is 13.7. The van der Waals surface area contributed by atoms with Crippen molar-refractivity contribution in [3.8, 4) is 0 Å². The van der Waals surface area contributed by atoms with Gasteiger partial charge in [-0.15, -0.1) is 0 Å². The number of aryl methyl sites for hydroxylation is 1. The molecule has 0 bridgehead atoms. The van der Waals surface area contributed by atoms with Gasteiger partial charge in [-0.3, -0.25) is 9.59 Å². The summed E-state index contributed by atoms with van der Waals surface area (Å²) in [5.74, 6) is -0.459. The number of carbonyl (C=O) groups excluding carboxylic acids is 2. The molecule has 0 aromatic heterocycles. The van der Waals surface area contributed by atoms with E-state index in [4.69, 9.17) is 16.3 Å². The smallest absolute Gasteiger partial charge is 0.307 e. The van der Waals surface area contributed by atoms with E-state index in [9.17, 15) is 14.7 Å². The predicted octanol–water partition coefficient (Wildman–Crippen LogP) is 5.30. The Kier molecular flexibility index (Phi) is 11.2. The van der Waals surface area contributed by atoms with Crippen LogP contribution in [-0.4, -0.2) is 36.7 Å². The largest absolute Gasteiger partial charge is 0.466 e. The lowest BCUT2D eigenvalue weighted by molar-refractivity contribution is -0.143. The number of aliphatic hydroxyl groups excluding tert-OH is 1. The Morgan fingerprint density at radius 3 is 2.34 bits per heavy atom. The van der Waals surface area contributed by atoms with Gasteiger partial charge in [0.15, 0.2) is 0 Å². The maximum absolute atomic E-state index is 12.8. The van der Waals surface area contributed by atoms with Gasteiger partial charge in [0.25, 0.3) is 0 Å². The molecule has 1 rings (SSSR count). The van der Waals surface area contributed by atoms with Crippen molar-refractivity contribution >= 4 is 23.5 Å². The Labute approximate surface area is 199 Å². The first kappa shape index (κ1) is 28.4. The maximum Gasteiger partial charge on any atom is 0.307 e. The van der Waals surface area contributed by atoms with E-state index in [1.54, 1.807) is 6.92 Å². The lowest BCUT2D eigenvalue weighted by atomic mass is 9.65. The number of ether oxygens (including phenoxy) is 1. The first-order valence-corrected chi connectivity index (χ1v) is 12.0. The third-order valence-corrected chi connectivity index (χ3v) is 6.51. The van der Waals surface area contributed by atoms with Crippen molar-refractivity contribution in [3.05, 3.63) is 34.3 Å². The van der Waals surface area contributed by atoms with Gasteiger partial charge in [0.1, 0.15) is 0 Å². The molecule has 1 aromatic rings. The molecule has 2 atom stereocenters. The molecule has 0 spiro atoms. The van der Waals surface area contributed by atoms with Crippen molar-refractivity contribution in [2.75, 3.05) is 19.8 Å². The summed E-state index contributed by atoms with van der Waals surface area (Å²) in [5.41, 5.74) is 1.65. The standard InChI is InChI=1S/C26H42ClNO4/c1-8-32-24(31)12-14-28-23(30)16-26(7,21(17-29)18(2)3)20-10-9-19(22(27)15-20)11-13-25(4,5)6/h9-10,15,18,21,29H,8,11-14,16-17H2,1-7H3,(H,28,30)/t21?,26-/m0/s1. The van der Waals surface area contributed by atoms with E-state index in [2.05, 4.69) is 46.0 Å². The first-order valence-electron chi connectivity index (χ1n) is 11.7. The second-order valence-electron chi connectivity index (χ2n) is 10.4. The summed E-state index contributed by atoms with van der Waals surface area (Å²) < 4.78 is 4.91. The maximum atomic E-state index is 12.8. The lowest BCUT2D eigenvalue weighted by Gasteiger charge is -2.39. The fourth-order valence-corrected chi connectivity index (χ4v) is 4.42. The van der Waals surface area contributed by atoms with Gasteiger partial charge in [-0.2, -0.15) is 0 Å². The van der Waals surface area contributed by atoms with Crippen LogP contribution in [0.25, 0.3) is 0 Å². The van der Waals surface area contributed by atoms with Gasteiger partial charge in [0, 0.05) is 30.0 Å². The molecule has 2 N–H and O–H groups in total. The molecule has 5 nitrogen and oxygen atoms in total. The number of rotatable bonds is 12. The molecule has 0 fully saturated rings. The van der Waals surface area contributed by atoms with Crippen molar-refractivity contribution in [1.82, 2.24) is 5.32 Å². The Balaban J connectivity index is 3.09. The van der Waals surface area contributed by atoms with E-state index >= 15 is 0 Å². The molecule has 0 aliphatic carbocycles. The van der Waals surface area contributed by atoms with Crippen LogP contribution >= 0.6 is 11.6 Å². The number of aliphatic hydroxyl groups is 1. The fourth-order valence-electron chi connectivity index (χ4n) is 4.14. The number of carbonyl (C=O) groups is 2. The summed E-state index contributed by atoms with van der Waals surface area (Å²) in [6, 6.07) is 6.05. The third kappa shape index (κ3) is 8.74. The van der Waals surface area contributed by atoms with E-state index in [0.29, 0.717) is 11.6 Å². The molecule has 6 heteroatoms. The minimum Gasteiger partial charge on any atom is -0.466 e. The van der Waals surface area contributed by atoms with Crippen molar-refractivity contribution in [2.24, 2.45) is 17.3 Å². The molecule has 0 saturated heterocycles. The van der Waals surface area contributed by atoms with Crippen LogP contribution in [-0.2, 0) is 26.2 Å². The van der Waals surface area contributed by atoms with Crippen LogP contribution in [0.5, 0.6) is 0 Å². The summed E-state index contributed by atoms with van der Waals surface area (Å²) in [6.07, 6.45) is 2.24. The van der Waals surface area contributed by atoms with Crippen LogP contribution < -0.4 is 5.32 Å². The summed E-state index contributed by atoms with van der Waals surface area (Å²) in [7, 11) is 0. The number of esters is 1. The molecule has 0 radical (unpaired) electrons. The lowest BCUT2D eigenvalue weighted by Crippen LogP contribution is -2.42. The Bertz CT molecular complexity index is 757. The van der Waals surface area contributed by atoms with E-state index in [-0.39, 0.29) is 55.1 Å². The first-order chi connectivity index (χ1) is 14.8. The van der Waals surface area contributed by atoms with Crippen LogP contribution in [0, 0.1) is 17.3 Å². The average molecular weight is 468 g/mol. The Morgan fingerprint density at radius 2 is 1.84 bits per heavy atom. The molecular formula is C26H42ClNO4. The van der Waals surface area contributed by atoms with Gasteiger partial charge < -0.3 is 15.2 Å². The van der Waals surface area contributed by atoms with E-state index in [1.165, 1.54) is 0 Å². The molecule has 0 saturated carbocycles. The van der Waals surface area contributed by atoms with Gasteiger partial charge in [-0.25, -0.2) is 0 Å². The summed E-state index contributed by atoms with van der Waals surface area (Å²) >= 11 is 6.66. The van der Waals surface area contributed by atoms with Crippen molar-refractivity contribution < 1.29 is 19.4 Å². The second-order valence-corrected chi connectivity index (χ2v) is 10.8. The summed E-state index contributed by atoms with van der Waals surface area (Å²) in [6.45, 7) is 15.0. The highest BCUT2D eigenvalue weighted by atomic mass is 35.5. The number of halogens is 1. The topological polar surface area (TPSA) is 75.6 Å². The van der Waals surface area contributed by atoms with Crippen LogP contribution in [0.2, 0.25) is 5.02 Å². The number of hydrogen-bond acceptors (Lipinski definition) is 4. The number of amides is 1. The highest BCUT2D eigenvalue weighted by Crippen LogP contribution is 2.41. The highest BCUT2D eigenvalue weighted by molar-refractivity contribution is 6.31. The average Bonchev–Trinajstić information content (AvgIpc) is 2.66. The Hall–Kier alpha value is -1.59. The zero-order chi connectivity index (χ0) is 24.5. The fraction of sp³-hybridized carbons (Fsp3) is 0.692. The van der Waals surface area contributed by atoms with Crippen LogP contribution in [0.4, 0.5) is 0 Å². The van der Waals surface area contributed by atoms with Gasteiger partial charge in [0.05, 0.1) is 13.0 Å². The molecule has 182 valence electrons. The number of benzene rings is 1. The Morgan fingerprint density at radius 1 is 1.19 bits per heavy atom. The van der Waals surface area contributed by atoms with Crippen molar-refractivity contribution in [1.29, 1.82) is 0 Å². The van der Waals surface area contributed by atoms with Crippen LogP contribution in [0.1, 0.15) is 78.9 Å². The molecule has 32 heavy (non-hydrogen) atoms. The van der Waals surface area contributed by atoms with Crippen LogP contribution in [0.3, 0.4) is 0 Å². The highest BCUT2D eigenvalue weighted by Gasteiger charge is 2.39. The predicted molar refractivity (Wildman–Crippen MR) is 131 cm³/mol. The van der Waals surface area contributed by atoms with Crippen LogP contribution in [0.15, 0.2) is 18.2 Å². The minimum atomic E-state index is -0.608. The second kappa shape index (κ2) is 12.6. The van der Waals surface area contributed by atoms with Gasteiger partial charge >= 0.3 is 5.97 Å². The number of hydrogen-bond donors (Lipinski definition) is 2. The van der Waals surface area contributed by atoms with Gasteiger partial charge in [-0.05, 0) is 54.2 Å². The molecular weight excluding hydrogens is 426 g/mol. The van der Waals surface area contributed by atoms with Crippen molar-refractivity contribution in [3.63, 3.8) is 0 Å². The normalized spacial score (nSPS) is 14.7. The van der Waals surface area contributed by atoms with E-state index in [0.717, 1.165) is 24.0 Å². The minimum absolute atomic E-state index is 0.0341. The molecule has 1 unspecified atom stereocenters. The van der Waals surface area contributed by atoms with Gasteiger partial charge in [-0.1, -0.05) is 65.3 Å². The third-order valence-electron chi connectivity index (χ3n) is 6.16. The molecule has 1 amide bonds. The molecule has 1 aromatic carbocycles. The SMILES string of the molecule is CCOC(=O)CCNC(=O)C[C@@](C)(c1ccc(CCC(C)(C)C)c(Cl)c1)C(CO)C(C)C. The van der Waals surface area contributed by atoms with E-state index < -0.39 is 5.41 Å². The number of nitrogens with one attached hydrogen (secondary N) is 1. The monoisotopic (exact) mass is 467 g/mol. The summed E-state index contributed by atoms with van der Waals surface area (Å²) in [4.78, 5) is 24.3. The molecule has 0 heterocycles. The van der Waals surface area contributed by atoms with Crippen molar-refractivity contribution in [2.45, 2.75) is 79.6 Å².